The predicted octanol–water partition coefficient (Wildman–Crippen LogP) is 2.32. The Morgan fingerprint density at radius 1 is 1.47 bits per heavy atom. The van der Waals surface area contributed by atoms with Crippen LogP contribution >= 0.6 is 11.3 Å². The summed E-state index contributed by atoms with van der Waals surface area (Å²) in [7, 11) is 0. The molecule has 0 aromatic carbocycles. The lowest BCUT2D eigenvalue weighted by molar-refractivity contribution is 0.0944. The number of rotatable bonds is 4. The first-order valence-electron chi connectivity index (χ1n) is 5.54. The van der Waals surface area contributed by atoms with Gasteiger partial charge in [-0.05, 0) is 18.1 Å². The SMILES string of the molecule is CC(C)CNC(=O)c1csc(-n2cccc2)n1. The number of amides is 1. The van der Waals surface area contributed by atoms with Gasteiger partial charge in [-0.25, -0.2) is 4.98 Å². The first-order valence-corrected chi connectivity index (χ1v) is 6.42. The highest BCUT2D eigenvalue weighted by Gasteiger charge is 2.11. The topological polar surface area (TPSA) is 46.9 Å². The zero-order valence-corrected chi connectivity index (χ0v) is 10.7. The van der Waals surface area contributed by atoms with Gasteiger partial charge in [-0.3, -0.25) is 4.79 Å². The summed E-state index contributed by atoms with van der Waals surface area (Å²) in [4.78, 5) is 16.1. The summed E-state index contributed by atoms with van der Waals surface area (Å²) in [5, 5.41) is 5.45. The maximum absolute atomic E-state index is 11.8. The molecule has 90 valence electrons. The standard InChI is InChI=1S/C12H15N3OS/c1-9(2)7-13-11(16)10-8-17-12(14-10)15-5-3-4-6-15/h3-6,8-9H,7H2,1-2H3,(H,13,16). The Kier molecular flexibility index (Phi) is 3.58. The quantitative estimate of drug-likeness (QED) is 0.904. The molecule has 0 unspecified atom stereocenters. The van der Waals surface area contributed by atoms with Gasteiger partial charge in [0.2, 0.25) is 0 Å². The molecule has 0 fully saturated rings. The van der Waals surface area contributed by atoms with E-state index < -0.39 is 0 Å². The fourth-order valence-electron chi connectivity index (χ4n) is 1.34. The zero-order chi connectivity index (χ0) is 12.3. The molecule has 0 aliphatic heterocycles. The molecule has 2 aromatic heterocycles. The van der Waals surface area contributed by atoms with Crippen molar-refractivity contribution < 1.29 is 4.79 Å². The van der Waals surface area contributed by atoms with E-state index in [1.165, 1.54) is 11.3 Å². The van der Waals surface area contributed by atoms with Crippen molar-refractivity contribution in [3.63, 3.8) is 0 Å². The van der Waals surface area contributed by atoms with E-state index in [1.54, 1.807) is 5.38 Å². The minimum Gasteiger partial charge on any atom is -0.350 e. The lowest BCUT2D eigenvalue weighted by Gasteiger charge is -2.05. The van der Waals surface area contributed by atoms with Crippen LogP contribution in [0.15, 0.2) is 29.9 Å². The Hall–Kier alpha value is -1.62. The molecule has 2 rings (SSSR count). The molecular weight excluding hydrogens is 234 g/mol. The highest BCUT2D eigenvalue weighted by Crippen LogP contribution is 2.14. The smallest absolute Gasteiger partial charge is 0.270 e. The Bertz CT molecular complexity index is 488. The molecule has 0 spiro atoms. The van der Waals surface area contributed by atoms with Crippen molar-refractivity contribution in [2.75, 3.05) is 6.54 Å². The van der Waals surface area contributed by atoms with Gasteiger partial charge in [0.05, 0.1) is 0 Å². The summed E-state index contributed by atoms with van der Waals surface area (Å²) in [5.41, 5.74) is 0.486. The van der Waals surface area contributed by atoms with Crippen LogP contribution < -0.4 is 5.32 Å². The van der Waals surface area contributed by atoms with Gasteiger partial charge in [-0.1, -0.05) is 13.8 Å². The molecule has 2 heterocycles. The number of thiazole rings is 1. The molecule has 4 nitrogen and oxygen atoms in total. The Morgan fingerprint density at radius 3 is 2.82 bits per heavy atom. The first-order chi connectivity index (χ1) is 8.16. The van der Waals surface area contributed by atoms with Crippen LogP contribution in [0.4, 0.5) is 0 Å². The van der Waals surface area contributed by atoms with Gasteiger partial charge >= 0.3 is 0 Å². The average molecular weight is 249 g/mol. The third kappa shape index (κ3) is 2.94. The van der Waals surface area contributed by atoms with Crippen molar-refractivity contribution in [3.8, 4) is 5.13 Å². The van der Waals surface area contributed by atoms with Crippen LogP contribution in [0.3, 0.4) is 0 Å². The second-order valence-corrected chi connectivity index (χ2v) is 5.05. The predicted molar refractivity (Wildman–Crippen MR) is 68.6 cm³/mol. The molecule has 0 saturated carbocycles. The third-order valence-corrected chi connectivity index (χ3v) is 3.07. The van der Waals surface area contributed by atoms with Gasteiger partial charge in [-0.15, -0.1) is 11.3 Å². The summed E-state index contributed by atoms with van der Waals surface area (Å²) in [6, 6.07) is 3.86. The molecule has 1 amide bonds. The summed E-state index contributed by atoms with van der Waals surface area (Å²) < 4.78 is 1.89. The van der Waals surface area contributed by atoms with Crippen molar-refractivity contribution in [1.29, 1.82) is 0 Å². The van der Waals surface area contributed by atoms with E-state index in [0.717, 1.165) is 5.13 Å². The molecule has 0 atom stereocenters. The molecule has 5 heteroatoms. The van der Waals surface area contributed by atoms with Crippen molar-refractivity contribution >= 4 is 17.2 Å². The average Bonchev–Trinajstić information content (AvgIpc) is 2.94. The second kappa shape index (κ2) is 5.14. The number of carbonyl (C=O) groups excluding carboxylic acids is 1. The maximum atomic E-state index is 11.8. The van der Waals surface area contributed by atoms with Crippen LogP contribution in [0.2, 0.25) is 0 Å². The van der Waals surface area contributed by atoms with E-state index in [1.807, 2.05) is 29.1 Å². The van der Waals surface area contributed by atoms with Gasteiger partial charge in [0.1, 0.15) is 5.69 Å². The summed E-state index contributed by atoms with van der Waals surface area (Å²) in [5.74, 6) is 0.342. The largest absolute Gasteiger partial charge is 0.350 e. The number of hydrogen-bond acceptors (Lipinski definition) is 3. The lowest BCUT2D eigenvalue weighted by Crippen LogP contribution is -2.27. The molecule has 2 aromatic rings. The van der Waals surface area contributed by atoms with Gasteiger partial charge in [0, 0.05) is 24.3 Å². The Labute approximate surface area is 104 Å². The first kappa shape index (κ1) is 11.9. The van der Waals surface area contributed by atoms with Gasteiger partial charge in [0.15, 0.2) is 5.13 Å². The highest BCUT2D eigenvalue weighted by atomic mass is 32.1. The fourth-order valence-corrected chi connectivity index (χ4v) is 2.11. The van der Waals surface area contributed by atoms with Crippen LogP contribution in [0.5, 0.6) is 0 Å². The molecular formula is C12H15N3OS. The molecule has 0 saturated heterocycles. The van der Waals surface area contributed by atoms with E-state index in [-0.39, 0.29) is 5.91 Å². The summed E-state index contributed by atoms with van der Waals surface area (Å²) in [6.45, 7) is 4.80. The van der Waals surface area contributed by atoms with Crippen LogP contribution in [-0.4, -0.2) is 22.0 Å². The molecule has 0 aliphatic rings. The van der Waals surface area contributed by atoms with Crippen LogP contribution in [0, 0.1) is 5.92 Å². The summed E-state index contributed by atoms with van der Waals surface area (Å²) in [6.07, 6.45) is 3.82. The van der Waals surface area contributed by atoms with E-state index >= 15 is 0 Å². The number of nitrogens with one attached hydrogen (secondary N) is 1. The molecule has 17 heavy (non-hydrogen) atoms. The van der Waals surface area contributed by atoms with Crippen molar-refractivity contribution in [3.05, 3.63) is 35.6 Å². The maximum Gasteiger partial charge on any atom is 0.270 e. The van der Waals surface area contributed by atoms with Crippen molar-refractivity contribution in [2.45, 2.75) is 13.8 Å². The zero-order valence-electron chi connectivity index (χ0n) is 9.88. The Morgan fingerprint density at radius 2 is 2.18 bits per heavy atom. The molecule has 1 N–H and O–H groups in total. The normalized spacial score (nSPS) is 10.8. The Balaban J connectivity index is 2.05. The van der Waals surface area contributed by atoms with Gasteiger partial charge in [0.25, 0.3) is 5.91 Å². The monoisotopic (exact) mass is 249 g/mol. The van der Waals surface area contributed by atoms with Crippen LogP contribution in [0.1, 0.15) is 24.3 Å². The van der Waals surface area contributed by atoms with Crippen LogP contribution in [-0.2, 0) is 0 Å². The van der Waals surface area contributed by atoms with E-state index in [0.29, 0.717) is 18.2 Å². The number of nitrogens with zero attached hydrogens (tertiary/aromatic N) is 2. The number of carbonyl (C=O) groups is 1. The van der Waals surface area contributed by atoms with Gasteiger partial charge < -0.3 is 9.88 Å². The minimum absolute atomic E-state index is 0.103. The second-order valence-electron chi connectivity index (χ2n) is 4.21. The molecule has 0 aliphatic carbocycles. The molecule has 0 bridgehead atoms. The fraction of sp³-hybridized carbons (Fsp3) is 0.333. The van der Waals surface area contributed by atoms with E-state index in [4.69, 9.17) is 0 Å². The lowest BCUT2D eigenvalue weighted by atomic mass is 10.2. The minimum atomic E-state index is -0.103. The van der Waals surface area contributed by atoms with Crippen molar-refractivity contribution in [1.82, 2.24) is 14.9 Å². The third-order valence-electron chi connectivity index (χ3n) is 2.22. The van der Waals surface area contributed by atoms with E-state index in [9.17, 15) is 4.79 Å². The highest BCUT2D eigenvalue weighted by molar-refractivity contribution is 7.12. The van der Waals surface area contributed by atoms with E-state index in [2.05, 4.69) is 24.1 Å². The van der Waals surface area contributed by atoms with Crippen molar-refractivity contribution in [2.24, 2.45) is 5.92 Å². The number of hydrogen-bond donors (Lipinski definition) is 1. The molecule has 0 radical (unpaired) electrons. The number of aromatic nitrogens is 2. The van der Waals surface area contributed by atoms with Crippen LogP contribution in [0.25, 0.3) is 5.13 Å². The summed E-state index contributed by atoms with van der Waals surface area (Å²) >= 11 is 1.46. The van der Waals surface area contributed by atoms with Gasteiger partial charge in [-0.2, -0.15) is 0 Å².